The Hall–Kier alpha value is -2.63. The number of hydrogen-bond acceptors (Lipinski definition) is 3. The number of amides is 1. The van der Waals surface area contributed by atoms with Gasteiger partial charge >= 0.3 is 0 Å². The monoisotopic (exact) mass is 365 g/mol. The number of nitrogens with one attached hydrogen (secondary N) is 1. The Morgan fingerprint density at radius 2 is 2.00 bits per heavy atom. The third-order valence-corrected chi connectivity index (χ3v) is 5.57. The second-order valence-corrected chi connectivity index (χ2v) is 7.89. The van der Waals surface area contributed by atoms with Gasteiger partial charge in [0.25, 0.3) is 5.91 Å². The first-order valence-electron chi connectivity index (χ1n) is 9.76. The highest BCUT2D eigenvalue weighted by Gasteiger charge is 2.31. The smallest absolute Gasteiger partial charge is 0.257 e. The van der Waals surface area contributed by atoms with Crippen molar-refractivity contribution in [2.24, 2.45) is 0 Å². The number of aryl methyl sites for hydroxylation is 2. The Balaban J connectivity index is 1.66. The number of nitrogens with zero attached hydrogens (tertiary/aromatic N) is 4. The standard InChI is InChI=1S/C21H27N5O/c1-13(2)26-12-16(11-22-26)21(27)25-8-6-5-7-19(25)20-23-17-9-14(3)15(4)10-18(17)24-20/h9-13,19H,5-8H2,1-4H3,(H,23,24)/t19-/m1/s1. The maximum absolute atomic E-state index is 13.2. The van der Waals surface area contributed by atoms with Crippen LogP contribution >= 0.6 is 0 Å². The molecule has 1 aliphatic rings. The number of hydrogen-bond donors (Lipinski definition) is 1. The predicted octanol–water partition coefficient (Wildman–Crippen LogP) is 4.32. The topological polar surface area (TPSA) is 66.8 Å². The zero-order valence-corrected chi connectivity index (χ0v) is 16.5. The van der Waals surface area contributed by atoms with E-state index in [1.807, 2.05) is 15.8 Å². The minimum atomic E-state index is -0.0123. The molecule has 1 aromatic carbocycles. The molecule has 1 atom stereocenters. The summed E-state index contributed by atoms with van der Waals surface area (Å²) in [7, 11) is 0. The molecule has 1 N–H and O–H groups in total. The lowest BCUT2D eigenvalue weighted by atomic mass is 10.0. The first-order chi connectivity index (χ1) is 12.9. The molecule has 0 radical (unpaired) electrons. The number of carbonyl (C=O) groups excluding carboxylic acids is 1. The van der Waals surface area contributed by atoms with E-state index < -0.39 is 0 Å². The second-order valence-electron chi connectivity index (χ2n) is 7.89. The fourth-order valence-corrected chi connectivity index (χ4v) is 3.80. The van der Waals surface area contributed by atoms with Gasteiger partial charge in [-0.3, -0.25) is 9.48 Å². The third kappa shape index (κ3) is 3.24. The number of carbonyl (C=O) groups is 1. The summed E-state index contributed by atoms with van der Waals surface area (Å²) in [6.07, 6.45) is 6.60. The molecule has 3 aromatic rings. The van der Waals surface area contributed by atoms with E-state index in [4.69, 9.17) is 4.98 Å². The van der Waals surface area contributed by atoms with Crippen LogP contribution in [0.15, 0.2) is 24.5 Å². The molecule has 1 saturated heterocycles. The van der Waals surface area contributed by atoms with Crippen LogP contribution < -0.4 is 0 Å². The van der Waals surface area contributed by atoms with E-state index in [9.17, 15) is 4.79 Å². The normalized spacial score (nSPS) is 17.8. The van der Waals surface area contributed by atoms with Crippen LogP contribution in [0.2, 0.25) is 0 Å². The Morgan fingerprint density at radius 3 is 2.74 bits per heavy atom. The molecule has 3 heterocycles. The quantitative estimate of drug-likeness (QED) is 0.751. The number of piperidine rings is 1. The molecule has 0 aliphatic carbocycles. The summed E-state index contributed by atoms with van der Waals surface area (Å²) < 4.78 is 1.83. The van der Waals surface area contributed by atoms with Crippen molar-refractivity contribution in [2.75, 3.05) is 6.54 Å². The predicted molar refractivity (Wildman–Crippen MR) is 106 cm³/mol. The molecule has 142 valence electrons. The van der Waals surface area contributed by atoms with Crippen LogP contribution in [0.4, 0.5) is 0 Å². The van der Waals surface area contributed by atoms with Gasteiger partial charge in [-0.1, -0.05) is 0 Å². The number of aromatic nitrogens is 4. The highest BCUT2D eigenvalue weighted by Crippen LogP contribution is 2.32. The van der Waals surface area contributed by atoms with Gasteiger partial charge in [-0.05, 0) is 70.2 Å². The number of benzene rings is 1. The van der Waals surface area contributed by atoms with Crippen LogP contribution in [0.5, 0.6) is 0 Å². The van der Waals surface area contributed by atoms with Crippen LogP contribution in [0, 0.1) is 13.8 Å². The van der Waals surface area contributed by atoms with Crippen LogP contribution in [0.3, 0.4) is 0 Å². The Labute approximate surface area is 159 Å². The van der Waals surface area contributed by atoms with Gasteiger partial charge < -0.3 is 9.88 Å². The highest BCUT2D eigenvalue weighted by atomic mass is 16.2. The molecule has 1 fully saturated rings. The average molecular weight is 365 g/mol. The molecule has 0 unspecified atom stereocenters. The molecular weight excluding hydrogens is 338 g/mol. The lowest BCUT2D eigenvalue weighted by Crippen LogP contribution is -2.38. The number of aromatic amines is 1. The van der Waals surface area contributed by atoms with E-state index in [2.05, 4.69) is 49.9 Å². The van der Waals surface area contributed by atoms with E-state index in [0.29, 0.717) is 5.56 Å². The van der Waals surface area contributed by atoms with Crippen LogP contribution in [0.25, 0.3) is 11.0 Å². The summed E-state index contributed by atoms with van der Waals surface area (Å²) in [6.45, 7) is 9.09. The van der Waals surface area contributed by atoms with E-state index in [1.165, 1.54) is 11.1 Å². The molecule has 2 aromatic heterocycles. The van der Waals surface area contributed by atoms with Gasteiger partial charge in [0.05, 0.1) is 28.8 Å². The number of fused-ring (bicyclic) bond motifs is 1. The third-order valence-electron chi connectivity index (χ3n) is 5.57. The zero-order chi connectivity index (χ0) is 19.1. The molecule has 4 rings (SSSR count). The fraction of sp³-hybridized carbons (Fsp3) is 0.476. The number of imidazole rings is 1. The van der Waals surface area contributed by atoms with Crippen molar-refractivity contribution in [3.8, 4) is 0 Å². The molecule has 6 heteroatoms. The summed E-state index contributed by atoms with van der Waals surface area (Å²) in [6, 6.07) is 4.49. The summed E-state index contributed by atoms with van der Waals surface area (Å²) in [5.41, 5.74) is 5.14. The van der Waals surface area contributed by atoms with Gasteiger partial charge in [0.1, 0.15) is 5.82 Å². The Kier molecular flexibility index (Phi) is 4.50. The van der Waals surface area contributed by atoms with Crippen LogP contribution in [-0.2, 0) is 0 Å². The lowest BCUT2D eigenvalue weighted by Gasteiger charge is -2.34. The minimum absolute atomic E-state index is 0.0123. The SMILES string of the molecule is Cc1cc2nc([C@H]3CCCCN3C(=O)c3cnn(C(C)C)c3)[nH]c2cc1C. The zero-order valence-electron chi connectivity index (χ0n) is 16.5. The minimum Gasteiger partial charge on any atom is -0.340 e. The van der Waals surface area contributed by atoms with Crippen molar-refractivity contribution in [2.45, 2.75) is 59.0 Å². The molecular formula is C21H27N5O. The Morgan fingerprint density at radius 1 is 1.22 bits per heavy atom. The van der Waals surface area contributed by atoms with Crippen molar-refractivity contribution < 1.29 is 4.79 Å². The number of H-pyrrole nitrogens is 1. The van der Waals surface area contributed by atoms with Gasteiger partial charge in [-0.2, -0.15) is 5.10 Å². The first kappa shape index (κ1) is 17.8. The summed E-state index contributed by atoms with van der Waals surface area (Å²) in [5, 5.41) is 4.33. The Bertz CT molecular complexity index is 945. The van der Waals surface area contributed by atoms with Crippen molar-refractivity contribution in [3.63, 3.8) is 0 Å². The lowest BCUT2D eigenvalue weighted by molar-refractivity contribution is 0.0601. The summed E-state index contributed by atoms with van der Waals surface area (Å²) >= 11 is 0. The maximum atomic E-state index is 13.2. The molecule has 1 aliphatic heterocycles. The maximum Gasteiger partial charge on any atom is 0.257 e. The van der Waals surface area contributed by atoms with E-state index >= 15 is 0 Å². The number of likely N-dealkylation sites (tertiary alicyclic amines) is 1. The molecule has 0 spiro atoms. The van der Waals surface area contributed by atoms with Gasteiger partial charge in [0, 0.05) is 18.8 Å². The van der Waals surface area contributed by atoms with Gasteiger partial charge in [-0.15, -0.1) is 0 Å². The largest absolute Gasteiger partial charge is 0.340 e. The molecule has 0 bridgehead atoms. The second kappa shape index (κ2) is 6.83. The van der Waals surface area contributed by atoms with Gasteiger partial charge in [-0.25, -0.2) is 4.98 Å². The van der Waals surface area contributed by atoms with E-state index in [-0.39, 0.29) is 18.0 Å². The number of rotatable bonds is 3. The summed E-state index contributed by atoms with van der Waals surface area (Å²) in [4.78, 5) is 23.4. The van der Waals surface area contributed by atoms with E-state index in [1.54, 1.807) is 6.20 Å². The van der Waals surface area contributed by atoms with E-state index in [0.717, 1.165) is 42.7 Å². The molecule has 6 nitrogen and oxygen atoms in total. The van der Waals surface area contributed by atoms with Crippen LogP contribution in [-0.4, -0.2) is 37.1 Å². The van der Waals surface area contributed by atoms with Gasteiger partial charge in [0.15, 0.2) is 0 Å². The van der Waals surface area contributed by atoms with Crippen molar-refractivity contribution in [1.29, 1.82) is 0 Å². The average Bonchev–Trinajstić information content (AvgIpc) is 3.29. The van der Waals surface area contributed by atoms with Crippen molar-refractivity contribution in [3.05, 3.63) is 47.0 Å². The summed E-state index contributed by atoms with van der Waals surface area (Å²) in [5.74, 6) is 0.929. The fourth-order valence-electron chi connectivity index (χ4n) is 3.80. The molecule has 27 heavy (non-hydrogen) atoms. The van der Waals surface area contributed by atoms with Gasteiger partial charge in [0.2, 0.25) is 0 Å². The molecule has 1 amide bonds. The van der Waals surface area contributed by atoms with Crippen molar-refractivity contribution in [1.82, 2.24) is 24.6 Å². The van der Waals surface area contributed by atoms with Crippen LogP contribution in [0.1, 0.15) is 72.5 Å². The molecule has 0 saturated carbocycles. The first-order valence-corrected chi connectivity index (χ1v) is 9.76. The highest BCUT2D eigenvalue weighted by molar-refractivity contribution is 5.94. The van der Waals surface area contributed by atoms with Crippen molar-refractivity contribution >= 4 is 16.9 Å².